The fourth-order valence-corrected chi connectivity index (χ4v) is 2.45. The fourth-order valence-electron chi connectivity index (χ4n) is 2.45. The summed E-state index contributed by atoms with van der Waals surface area (Å²) >= 11 is 0. The highest BCUT2D eigenvalue weighted by atomic mass is 19.4. The number of alkyl halides is 3. The highest BCUT2D eigenvalue weighted by Crippen LogP contribution is 2.58. The molecule has 1 aliphatic rings. The van der Waals surface area contributed by atoms with Crippen molar-refractivity contribution in [3.05, 3.63) is 53.7 Å². The summed E-state index contributed by atoms with van der Waals surface area (Å²) < 4.78 is 39.1. The predicted molar refractivity (Wildman–Crippen MR) is 71.4 cm³/mol. The minimum atomic E-state index is -4.19. The summed E-state index contributed by atoms with van der Waals surface area (Å²) in [5.41, 5.74) is 0.485. The molecule has 2 nitrogen and oxygen atoms in total. The zero-order valence-corrected chi connectivity index (χ0v) is 11.0. The van der Waals surface area contributed by atoms with Gasteiger partial charge in [0.25, 0.3) is 0 Å². The second-order valence-corrected chi connectivity index (χ2v) is 5.20. The molecular weight excluding hydrogens is 277 g/mol. The molecule has 3 rings (SSSR count). The number of nitrogens with zero attached hydrogens (tertiary/aromatic N) is 2. The van der Waals surface area contributed by atoms with E-state index in [9.17, 15) is 13.2 Å². The Kier molecular flexibility index (Phi) is 2.98. The largest absolute Gasteiger partial charge is 0.398 e. The molecule has 106 valence electrons. The van der Waals surface area contributed by atoms with Gasteiger partial charge >= 0.3 is 6.18 Å². The van der Waals surface area contributed by atoms with Crippen LogP contribution >= 0.6 is 0 Å². The topological polar surface area (TPSA) is 36.7 Å². The van der Waals surface area contributed by atoms with Crippen molar-refractivity contribution in [1.82, 2.24) is 4.98 Å². The summed E-state index contributed by atoms with van der Waals surface area (Å²) in [6.07, 6.45) is -2.43. The Morgan fingerprint density at radius 2 is 1.71 bits per heavy atom. The maximum absolute atomic E-state index is 13.0. The van der Waals surface area contributed by atoms with Gasteiger partial charge < -0.3 is 0 Å². The zero-order chi connectivity index (χ0) is 15.1. The normalized spacial score (nSPS) is 16.3. The first kappa shape index (κ1) is 13.6. The Bertz CT molecular complexity index is 690. The van der Waals surface area contributed by atoms with Crippen molar-refractivity contribution in [1.29, 1.82) is 5.26 Å². The number of halogens is 3. The summed E-state index contributed by atoms with van der Waals surface area (Å²) in [6.45, 7) is 0. The van der Waals surface area contributed by atoms with Crippen LogP contribution in [0.1, 0.15) is 24.0 Å². The van der Waals surface area contributed by atoms with Gasteiger partial charge in [0.15, 0.2) is 0 Å². The van der Waals surface area contributed by atoms with E-state index in [2.05, 4.69) is 4.98 Å². The second-order valence-electron chi connectivity index (χ2n) is 5.20. The van der Waals surface area contributed by atoms with Crippen LogP contribution in [-0.2, 0) is 5.41 Å². The van der Waals surface area contributed by atoms with Crippen molar-refractivity contribution in [3.63, 3.8) is 0 Å². The number of nitriles is 1. The molecule has 0 radical (unpaired) electrons. The molecule has 0 spiro atoms. The molecule has 0 N–H and O–H groups in total. The van der Waals surface area contributed by atoms with Crippen LogP contribution in [0, 0.1) is 11.3 Å². The Hall–Kier alpha value is -2.35. The highest BCUT2D eigenvalue weighted by Gasteiger charge is 2.64. The first-order valence-electron chi connectivity index (χ1n) is 6.50. The van der Waals surface area contributed by atoms with Gasteiger partial charge in [0, 0.05) is 11.8 Å². The van der Waals surface area contributed by atoms with Crippen molar-refractivity contribution in [3.8, 4) is 17.3 Å². The summed E-state index contributed by atoms with van der Waals surface area (Å²) in [4.78, 5) is 4.13. The second kappa shape index (κ2) is 4.59. The van der Waals surface area contributed by atoms with Crippen LogP contribution in [0.4, 0.5) is 13.2 Å². The van der Waals surface area contributed by atoms with Crippen molar-refractivity contribution < 1.29 is 13.2 Å². The number of benzene rings is 1. The van der Waals surface area contributed by atoms with Gasteiger partial charge in [-0.3, -0.25) is 4.98 Å². The maximum atomic E-state index is 13.0. The standard InChI is InChI=1S/C16H11F3N2/c17-16(18,19)15(7-8-15)13-4-2-12(3-5-13)14-6-1-11(9-20)10-21-14/h1-6,10H,7-8H2. The minimum Gasteiger partial charge on any atom is -0.255 e. The van der Waals surface area contributed by atoms with Crippen LogP contribution in [0.3, 0.4) is 0 Å². The molecule has 21 heavy (non-hydrogen) atoms. The summed E-state index contributed by atoms with van der Waals surface area (Å²) in [5.74, 6) is 0. The van der Waals surface area contributed by atoms with Crippen LogP contribution in [-0.4, -0.2) is 11.2 Å². The molecule has 1 aromatic heterocycles. The maximum Gasteiger partial charge on any atom is 0.398 e. The van der Waals surface area contributed by atoms with Gasteiger partial charge in [0.2, 0.25) is 0 Å². The lowest BCUT2D eigenvalue weighted by atomic mass is 9.94. The molecule has 1 aliphatic carbocycles. The molecule has 0 unspecified atom stereocenters. The Morgan fingerprint density at radius 1 is 1.05 bits per heavy atom. The molecule has 0 amide bonds. The lowest BCUT2D eigenvalue weighted by Gasteiger charge is -2.19. The SMILES string of the molecule is N#Cc1ccc(-c2ccc(C3(C(F)(F)F)CC3)cc2)nc1. The number of rotatable bonds is 2. The van der Waals surface area contributed by atoms with Crippen LogP contribution in [0.15, 0.2) is 42.6 Å². The Labute approximate surface area is 119 Å². The van der Waals surface area contributed by atoms with Gasteiger partial charge in [-0.25, -0.2) is 0 Å². The van der Waals surface area contributed by atoms with Gasteiger partial charge in [0.1, 0.15) is 6.07 Å². The van der Waals surface area contributed by atoms with E-state index in [0.29, 0.717) is 16.8 Å². The van der Waals surface area contributed by atoms with E-state index in [4.69, 9.17) is 5.26 Å². The van der Waals surface area contributed by atoms with E-state index in [1.165, 1.54) is 18.3 Å². The molecule has 0 aliphatic heterocycles. The summed E-state index contributed by atoms with van der Waals surface area (Å²) in [6, 6.07) is 11.6. The van der Waals surface area contributed by atoms with Crippen molar-refractivity contribution in [2.45, 2.75) is 24.4 Å². The minimum absolute atomic E-state index is 0.158. The quantitative estimate of drug-likeness (QED) is 0.829. The van der Waals surface area contributed by atoms with Crippen molar-refractivity contribution in [2.75, 3.05) is 0 Å². The summed E-state index contributed by atoms with van der Waals surface area (Å²) in [7, 11) is 0. The average molecular weight is 288 g/mol. The first-order chi connectivity index (χ1) is 9.96. The van der Waals surface area contributed by atoms with Gasteiger partial charge in [-0.05, 0) is 30.5 Å². The van der Waals surface area contributed by atoms with Crippen LogP contribution in [0.25, 0.3) is 11.3 Å². The van der Waals surface area contributed by atoms with E-state index in [0.717, 1.165) is 5.56 Å². The van der Waals surface area contributed by atoms with Crippen LogP contribution in [0.5, 0.6) is 0 Å². The van der Waals surface area contributed by atoms with E-state index < -0.39 is 11.6 Å². The number of hydrogen-bond donors (Lipinski definition) is 0. The van der Waals surface area contributed by atoms with E-state index in [1.807, 2.05) is 6.07 Å². The molecule has 0 bridgehead atoms. The fraction of sp³-hybridized carbons (Fsp3) is 0.250. The highest BCUT2D eigenvalue weighted by molar-refractivity contribution is 5.60. The molecule has 1 aromatic carbocycles. The first-order valence-corrected chi connectivity index (χ1v) is 6.50. The molecule has 2 aromatic rings. The molecule has 0 saturated heterocycles. The predicted octanol–water partition coefficient (Wildman–Crippen LogP) is 4.21. The molecule has 1 heterocycles. The Morgan fingerprint density at radius 3 is 2.14 bits per heavy atom. The Balaban J connectivity index is 1.89. The number of aromatic nitrogens is 1. The lowest BCUT2D eigenvalue weighted by Crippen LogP contribution is -2.28. The van der Waals surface area contributed by atoms with E-state index in [1.54, 1.807) is 24.3 Å². The average Bonchev–Trinajstić information content (AvgIpc) is 3.29. The van der Waals surface area contributed by atoms with E-state index >= 15 is 0 Å². The monoisotopic (exact) mass is 288 g/mol. The molecular formula is C16H11F3N2. The van der Waals surface area contributed by atoms with Crippen molar-refractivity contribution in [2.24, 2.45) is 0 Å². The van der Waals surface area contributed by atoms with Crippen LogP contribution < -0.4 is 0 Å². The smallest absolute Gasteiger partial charge is 0.255 e. The van der Waals surface area contributed by atoms with Gasteiger partial charge in [-0.2, -0.15) is 18.4 Å². The molecule has 0 atom stereocenters. The van der Waals surface area contributed by atoms with E-state index in [-0.39, 0.29) is 12.8 Å². The number of pyridine rings is 1. The van der Waals surface area contributed by atoms with Gasteiger partial charge in [0.05, 0.1) is 16.7 Å². The third-order valence-electron chi connectivity index (χ3n) is 3.92. The number of hydrogen-bond acceptors (Lipinski definition) is 2. The molecule has 5 heteroatoms. The molecule has 1 fully saturated rings. The van der Waals surface area contributed by atoms with Gasteiger partial charge in [-0.15, -0.1) is 0 Å². The zero-order valence-electron chi connectivity index (χ0n) is 11.0. The van der Waals surface area contributed by atoms with Crippen LogP contribution in [0.2, 0.25) is 0 Å². The third-order valence-corrected chi connectivity index (χ3v) is 3.92. The summed E-state index contributed by atoms with van der Waals surface area (Å²) in [5, 5.41) is 8.71. The van der Waals surface area contributed by atoms with Gasteiger partial charge in [-0.1, -0.05) is 24.3 Å². The molecule has 1 saturated carbocycles. The van der Waals surface area contributed by atoms with Crippen molar-refractivity contribution >= 4 is 0 Å². The lowest BCUT2D eigenvalue weighted by molar-refractivity contribution is -0.160. The third kappa shape index (κ3) is 2.27.